The Balaban J connectivity index is 3.02. The van der Waals surface area contributed by atoms with E-state index in [9.17, 15) is 0 Å². The van der Waals surface area contributed by atoms with E-state index in [1.807, 2.05) is 13.2 Å². The first-order chi connectivity index (χ1) is 8.45. The first-order valence-electron chi connectivity index (χ1n) is 6.67. The van der Waals surface area contributed by atoms with E-state index in [0.717, 1.165) is 30.3 Å². The molecule has 0 fully saturated rings. The molecule has 0 aliphatic rings. The number of anilines is 1. The second kappa shape index (κ2) is 6.69. The molecule has 0 spiro atoms. The van der Waals surface area contributed by atoms with E-state index >= 15 is 0 Å². The van der Waals surface area contributed by atoms with Crippen molar-refractivity contribution in [1.29, 1.82) is 0 Å². The topological polar surface area (TPSA) is 41.1 Å². The lowest BCUT2D eigenvalue weighted by Gasteiger charge is -2.24. The fourth-order valence-corrected chi connectivity index (χ4v) is 1.97. The van der Waals surface area contributed by atoms with Crippen LogP contribution in [-0.2, 0) is 6.54 Å². The molecule has 0 radical (unpaired) electrons. The average Bonchev–Trinajstić information content (AvgIpc) is 2.28. The van der Waals surface area contributed by atoms with Crippen molar-refractivity contribution in [3.63, 3.8) is 0 Å². The molecule has 1 heterocycles. The van der Waals surface area contributed by atoms with Crippen LogP contribution in [0.3, 0.4) is 0 Å². The maximum Gasteiger partial charge on any atom is 0.131 e. The van der Waals surface area contributed by atoms with Crippen molar-refractivity contribution in [2.24, 2.45) is 5.92 Å². The third-order valence-corrected chi connectivity index (χ3v) is 2.78. The summed E-state index contributed by atoms with van der Waals surface area (Å²) in [7, 11) is 4.05. The van der Waals surface area contributed by atoms with Crippen LogP contribution in [0.5, 0.6) is 0 Å². The smallest absolute Gasteiger partial charge is 0.131 e. The van der Waals surface area contributed by atoms with E-state index in [-0.39, 0.29) is 0 Å². The van der Waals surface area contributed by atoms with Crippen LogP contribution in [0.4, 0.5) is 5.69 Å². The highest BCUT2D eigenvalue weighted by atomic mass is 15.1. The van der Waals surface area contributed by atoms with Crippen molar-refractivity contribution < 1.29 is 0 Å². The maximum absolute atomic E-state index is 4.68. The Hall–Kier alpha value is -1.16. The summed E-state index contributed by atoms with van der Waals surface area (Å²) in [5, 5.41) is 3.18. The van der Waals surface area contributed by atoms with Gasteiger partial charge >= 0.3 is 0 Å². The van der Waals surface area contributed by atoms with Crippen LogP contribution in [0, 0.1) is 5.92 Å². The zero-order valence-electron chi connectivity index (χ0n) is 12.5. The van der Waals surface area contributed by atoms with Gasteiger partial charge in [0.2, 0.25) is 0 Å². The van der Waals surface area contributed by atoms with E-state index in [1.165, 1.54) is 0 Å². The van der Waals surface area contributed by atoms with E-state index in [4.69, 9.17) is 0 Å². The molecule has 0 unspecified atom stereocenters. The normalized spacial score (nSPS) is 11.3. The predicted molar refractivity (Wildman–Crippen MR) is 77.0 cm³/mol. The van der Waals surface area contributed by atoms with Crippen molar-refractivity contribution in [3.8, 4) is 0 Å². The average molecular weight is 250 g/mol. The monoisotopic (exact) mass is 250 g/mol. The first kappa shape index (κ1) is 14.9. The Morgan fingerprint density at radius 2 is 1.94 bits per heavy atom. The fraction of sp³-hybridized carbons (Fsp3) is 0.714. The Kier molecular flexibility index (Phi) is 5.54. The van der Waals surface area contributed by atoms with Gasteiger partial charge in [-0.15, -0.1) is 0 Å². The number of aromatic nitrogens is 2. The van der Waals surface area contributed by atoms with Crippen LogP contribution in [0.15, 0.2) is 6.20 Å². The van der Waals surface area contributed by atoms with Gasteiger partial charge in [-0.2, -0.15) is 0 Å². The molecule has 0 aromatic carbocycles. The van der Waals surface area contributed by atoms with Crippen LogP contribution < -0.4 is 10.2 Å². The quantitative estimate of drug-likeness (QED) is 0.842. The molecule has 18 heavy (non-hydrogen) atoms. The molecule has 0 amide bonds. The number of hydrogen-bond donors (Lipinski definition) is 1. The van der Waals surface area contributed by atoms with Gasteiger partial charge in [0.15, 0.2) is 0 Å². The summed E-state index contributed by atoms with van der Waals surface area (Å²) in [5.41, 5.74) is 2.21. The van der Waals surface area contributed by atoms with Crippen molar-refractivity contribution in [2.75, 3.05) is 25.5 Å². The van der Waals surface area contributed by atoms with Gasteiger partial charge in [0.05, 0.1) is 17.6 Å². The van der Waals surface area contributed by atoms with E-state index in [1.54, 1.807) is 0 Å². The molecule has 0 saturated carbocycles. The predicted octanol–water partition coefficient (Wildman–Crippen LogP) is 2.41. The lowest BCUT2D eigenvalue weighted by molar-refractivity contribution is 0.631. The molecule has 1 rings (SSSR count). The molecule has 1 N–H and O–H groups in total. The van der Waals surface area contributed by atoms with Gasteiger partial charge in [0, 0.05) is 26.1 Å². The number of nitrogens with zero attached hydrogens (tertiary/aromatic N) is 3. The Labute approximate surface area is 111 Å². The number of rotatable bonds is 6. The van der Waals surface area contributed by atoms with Crippen molar-refractivity contribution in [3.05, 3.63) is 17.7 Å². The van der Waals surface area contributed by atoms with Crippen LogP contribution in [0.2, 0.25) is 0 Å². The zero-order valence-corrected chi connectivity index (χ0v) is 12.5. The Morgan fingerprint density at radius 3 is 2.44 bits per heavy atom. The summed E-state index contributed by atoms with van der Waals surface area (Å²) in [6.07, 6.45) is 1.96. The largest absolute Gasteiger partial charge is 0.372 e. The Morgan fingerprint density at radius 1 is 1.28 bits per heavy atom. The maximum atomic E-state index is 4.68. The molecule has 0 bridgehead atoms. The molecular formula is C14H26N4. The number of hydrogen-bond acceptors (Lipinski definition) is 4. The SMILES string of the molecule is CNCc1nc(C(C)C)ncc1N(C)CC(C)C. The minimum atomic E-state index is 0.366. The summed E-state index contributed by atoms with van der Waals surface area (Å²) in [5.74, 6) is 1.91. The minimum Gasteiger partial charge on any atom is -0.372 e. The van der Waals surface area contributed by atoms with E-state index < -0.39 is 0 Å². The molecular weight excluding hydrogens is 224 g/mol. The summed E-state index contributed by atoms with van der Waals surface area (Å²) < 4.78 is 0. The standard InChI is InChI=1S/C14H26N4/c1-10(2)9-18(6)13-8-16-14(11(3)4)17-12(13)7-15-5/h8,10-11,15H,7,9H2,1-6H3. The van der Waals surface area contributed by atoms with E-state index in [0.29, 0.717) is 11.8 Å². The summed E-state index contributed by atoms with van der Waals surface area (Å²) in [4.78, 5) is 11.4. The lowest BCUT2D eigenvalue weighted by atomic mass is 10.1. The molecule has 4 nitrogen and oxygen atoms in total. The molecule has 1 aromatic rings. The summed E-state index contributed by atoms with van der Waals surface area (Å²) >= 11 is 0. The van der Waals surface area contributed by atoms with Gasteiger partial charge in [-0.1, -0.05) is 27.7 Å². The van der Waals surface area contributed by atoms with Crippen molar-refractivity contribution >= 4 is 5.69 Å². The molecule has 0 saturated heterocycles. The van der Waals surface area contributed by atoms with Gasteiger partial charge in [-0.25, -0.2) is 9.97 Å². The third kappa shape index (κ3) is 3.95. The van der Waals surface area contributed by atoms with Crippen molar-refractivity contribution in [1.82, 2.24) is 15.3 Å². The van der Waals surface area contributed by atoms with Gasteiger partial charge in [-0.3, -0.25) is 0 Å². The second-order valence-electron chi connectivity index (χ2n) is 5.52. The van der Waals surface area contributed by atoms with Gasteiger partial charge in [0.25, 0.3) is 0 Å². The molecule has 0 atom stereocenters. The molecule has 102 valence electrons. The van der Waals surface area contributed by atoms with Gasteiger partial charge in [0.1, 0.15) is 5.82 Å². The van der Waals surface area contributed by atoms with Crippen LogP contribution in [0.1, 0.15) is 45.1 Å². The summed E-state index contributed by atoms with van der Waals surface area (Å²) in [6, 6.07) is 0. The van der Waals surface area contributed by atoms with Gasteiger partial charge < -0.3 is 10.2 Å². The van der Waals surface area contributed by atoms with Crippen LogP contribution in [-0.4, -0.2) is 30.6 Å². The van der Waals surface area contributed by atoms with Crippen LogP contribution in [0.25, 0.3) is 0 Å². The first-order valence-corrected chi connectivity index (χ1v) is 6.67. The highest BCUT2D eigenvalue weighted by Gasteiger charge is 2.13. The van der Waals surface area contributed by atoms with Crippen molar-refractivity contribution in [2.45, 2.75) is 40.2 Å². The molecule has 0 aliphatic heterocycles. The summed E-state index contributed by atoms with van der Waals surface area (Å²) in [6.45, 7) is 10.5. The minimum absolute atomic E-state index is 0.366. The molecule has 1 aromatic heterocycles. The number of nitrogens with one attached hydrogen (secondary N) is 1. The van der Waals surface area contributed by atoms with Gasteiger partial charge in [-0.05, 0) is 13.0 Å². The molecule has 4 heteroatoms. The molecule has 0 aliphatic carbocycles. The zero-order chi connectivity index (χ0) is 13.7. The third-order valence-electron chi connectivity index (χ3n) is 2.78. The highest BCUT2D eigenvalue weighted by Crippen LogP contribution is 2.20. The second-order valence-corrected chi connectivity index (χ2v) is 5.52. The van der Waals surface area contributed by atoms with E-state index in [2.05, 4.69) is 54.9 Å². The lowest BCUT2D eigenvalue weighted by Crippen LogP contribution is -2.25. The van der Waals surface area contributed by atoms with Crippen LogP contribution >= 0.6 is 0 Å². The Bertz CT molecular complexity index is 374. The fourth-order valence-electron chi connectivity index (χ4n) is 1.97. The highest BCUT2D eigenvalue weighted by molar-refractivity contribution is 5.48.